The topological polar surface area (TPSA) is 128 Å². The van der Waals surface area contributed by atoms with Crippen molar-refractivity contribution in [2.24, 2.45) is 5.92 Å². The van der Waals surface area contributed by atoms with Gasteiger partial charge in [-0.15, -0.1) is 0 Å². The first-order valence-corrected chi connectivity index (χ1v) is 22.4. The Morgan fingerprint density at radius 1 is 0.793 bits per heavy atom. The van der Waals surface area contributed by atoms with Gasteiger partial charge in [-0.3, -0.25) is 19.2 Å². The molecule has 2 heterocycles. The van der Waals surface area contributed by atoms with Crippen LogP contribution in [-0.2, 0) is 33.0 Å². The first-order valence-electron chi connectivity index (χ1n) is 19.5. The maximum atomic E-state index is 16.7. The molecule has 4 amide bonds. The van der Waals surface area contributed by atoms with E-state index in [0.717, 1.165) is 11.1 Å². The Morgan fingerprint density at radius 2 is 1.36 bits per heavy atom. The molecule has 2 aliphatic rings. The van der Waals surface area contributed by atoms with Crippen molar-refractivity contribution >= 4 is 49.1 Å². The SMILES string of the molecule is C[C@H]1[C@H]([Si](C)(C)F)[C@@H](CC(=O)N(CCO)Cc2ccccc2)O[C@]12C(=O)N(Cc1cccc(NC(=O)c3ccccc3)c1)c1ccc(NC(=O)c3ccccc3)cc12. The lowest BCUT2D eigenvalue weighted by atomic mass is 9.82. The number of fused-ring (bicyclic) bond motifs is 2. The first-order chi connectivity index (χ1) is 27.9. The number of nitrogens with zero attached hydrogens (tertiary/aromatic N) is 2. The number of rotatable bonds is 13. The molecule has 12 heteroatoms. The molecule has 4 atom stereocenters. The van der Waals surface area contributed by atoms with Gasteiger partial charge in [0.15, 0.2) is 5.60 Å². The van der Waals surface area contributed by atoms with E-state index in [-0.39, 0.29) is 50.4 Å². The Hall–Kier alpha value is -5.95. The van der Waals surface area contributed by atoms with E-state index >= 15 is 8.90 Å². The predicted molar refractivity (Wildman–Crippen MR) is 224 cm³/mol. The van der Waals surface area contributed by atoms with Gasteiger partial charge in [0, 0.05) is 52.6 Å². The molecule has 5 aromatic rings. The average Bonchev–Trinajstić information content (AvgIpc) is 3.64. The van der Waals surface area contributed by atoms with Crippen molar-refractivity contribution in [3.63, 3.8) is 0 Å². The number of anilines is 3. The van der Waals surface area contributed by atoms with Gasteiger partial charge >= 0.3 is 0 Å². The van der Waals surface area contributed by atoms with Gasteiger partial charge in [0.05, 0.1) is 31.4 Å². The van der Waals surface area contributed by atoms with E-state index in [2.05, 4.69) is 10.6 Å². The van der Waals surface area contributed by atoms with Crippen molar-refractivity contribution in [3.8, 4) is 0 Å². The summed E-state index contributed by atoms with van der Waals surface area (Å²) in [5, 5.41) is 15.8. The molecule has 0 aromatic heterocycles. The van der Waals surface area contributed by atoms with E-state index in [4.69, 9.17) is 4.74 Å². The first kappa shape index (κ1) is 40.3. The zero-order chi connectivity index (χ0) is 41.0. The summed E-state index contributed by atoms with van der Waals surface area (Å²) in [6.07, 6.45) is -1.15. The summed E-state index contributed by atoms with van der Waals surface area (Å²) >= 11 is 0. The zero-order valence-corrected chi connectivity index (χ0v) is 33.7. The maximum Gasteiger partial charge on any atom is 0.264 e. The number of hydrogen-bond donors (Lipinski definition) is 3. The molecule has 1 spiro atoms. The Kier molecular flexibility index (Phi) is 11.7. The van der Waals surface area contributed by atoms with Gasteiger partial charge in [0.2, 0.25) is 14.3 Å². The van der Waals surface area contributed by atoms with Crippen molar-refractivity contribution < 1.29 is 33.1 Å². The number of amides is 4. The number of carbonyl (C=O) groups excluding carboxylic acids is 4. The monoisotopic (exact) mass is 798 g/mol. The summed E-state index contributed by atoms with van der Waals surface area (Å²) in [5.74, 6) is -2.05. The van der Waals surface area contributed by atoms with E-state index in [0.29, 0.717) is 33.8 Å². The molecule has 2 aliphatic heterocycles. The number of benzene rings is 5. The molecule has 0 saturated carbocycles. The number of ether oxygens (including phenoxy) is 1. The second kappa shape index (κ2) is 16.9. The highest BCUT2D eigenvalue weighted by molar-refractivity contribution is 6.72. The second-order valence-electron chi connectivity index (χ2n) is 15.5. The summed E-state index contributed by atoms with van der Waals surface area (Å²) in [5.41, 5.74) is 2.07. The van der Waals surface area contributed by atoms with Crippen molar-refractivity contribution in [3.05, 3.63) is 161 Å². The third kappa shape index (κ3) is 8.22. The van der Waals surface area contributed by atoms with Gasteiger partial charge in [-0.25, -0.2) is 0 Å². The van der Waals surface area contributed by atoms with Crippen LogP contribution in [0.15, 0.2) is 133 Å². The van der Waals surface area contributed by atoms with Crippen LogP contribution in [0.25, 0.3) is 0 Å². The van der Waals surface area contributed by atoms with Crippen molar-refractivity contribution in [1.29, 1.82) is 0 Å². The molecule has 5 aromatic carbocycles. The number of carbonyl (C=O) groups is 4. The third-order valence-electron chi connectivity index (χ3n) is 11.1. The standard InChI is InChI=1S/C46H47FN4O6Si/c1-31-42(58(2,3)47)40(28-41(53)50(24-25-52)29-32-14-7-4-8-15-32)57-46(31)38-27-37(49-44(55)35-19-11-6-12-20-35)22-23-39(38)51(45(46)56)30-33-16-13-21-36(26-33)48-43(54)34-17-9-5-10-18-34/h4-23,26-27,31,40,42,52H,24-25,28-30H2,1-3H3,(H,48,54)(H,49,55)/t31-,40+,42-,46+/m0/s1. The normalized spacial score (nSPS) is 19.8. The lowest BCUT2D eigenvalue weighted by Crippen LogP contribution is -2.45. The number of halogens is 1. The van der Waals surface area contributed by atoms with E-state index in [9.17, 15) is 19.5 Å². The van der Waals surface area contributed by atoms with Crippen LogP contribution >= 0.6 is 0 Å². The molecule has 0 bridgehead atoms. The summed E-state index contributed by atoms with van der Waals surface area (Å²) in [6, 6.07) is 39.5. The van der Waals surface area contributed by atoms with Gasteiger partial charge < -0.3 is 34.4 Å². The molecule has 10 nitrogen and oxygen atoms in total. The summed E-state index contributed by atoms with van der Waals surface area (Å²) in [6.45, 7) is 5.14. The van der Waals surface area contributed by atoms with E-state index in [1.54, 1.807) is 103 Å². The van der Waals surface area contributed by atoms with Gasteiger partial charge in [-0.05, 0) is 78.8 Å². The summed E-state index contributed by atoms with van der Waals surface area (Å²) in [4.78, 5) is 58.7. The number of nitrogens with one attached hydrogen (secondary N) is 2. The molecule has 7 rings (SSSR count). The Labute approximate surface area is 338 Å². The fraction of sp³-hybridized carbons (Fsp3) is 0.261. The highest BCUT2D eigenvalue weighted by Gasteiger charge is 2.67. The molecular formula is C46H47FN4O6Si. The Bertz CT molecular complexity index is 2290. The largest absolute Gasteiger partial charge is 0.395 e. The third-order valence-corrected chi connectivity index (χ3v) is 13.6. The molecule has 1 fully saturated rings. The van der Waals surface area contributed by atoms with Crippen LogP contribution in [0.2, 0.25) is 18.6 Å². The molecule has 1 saturated heterocycles. The van der Waals surface area contributed by atoms with Gasteiger partial charge in [-0.2, -0.15) is 0 Å². The lowest BCUT2D eigenvalue weighted by Gasteiger charge is -2.31. The highest BCUT2D eigenvalue weighted by Crippen LogP contribution is 2.60. The van der Waals surface area contributed by atoms with Crippen LogP contribution in [0.5, 0.6) is 0 Å². The minimum absolute atomic E-state index is 0.0765. The zero-order valence-electron chi connectivity index (χ0n) is 32.7. The van der Waals surface area contributed by atoms with Gasteiger partial charge in [0.25, 0.3) is 17.7 Å². The molecule has 298 valence electrons. The minimum atomic E-state index is -3.65. The fourth-order valence-electron chi connectivity index (χ4n) is 8.52. The van der Waals surface area contributed by atoms with Crippen molar-refractivity contribution in [1.82, 2.24) is 4.90 Å². The van der Waals surface area contributed by atoms with Crippen molar-refractivity contribution in [2.45, 2.75) is 56.8 Å². The van der Waals surface area contributed by atoms with E-state index in [1.165, 1.54) is 4.90 Å². The van der Waals surface area contributed by atoms with Crippen LogP contribution in [-0.4, -0.2) is 61.3 Å². The van der Waals surface area contributed by atoms with Crippen LogP contribution < -0.4 is 15.5 Å². The molecule has 0 radical (unpaired) electrons. The number of hydrogen-bond acceptors (Lipinski definition) is 6. The second-order valence-corrected chi connectivity index (χ2v) is 19.3. The Morgan fingerprint density at radius 3 is 1.95 bits per heavy atom. The predicted octanol–water partition coefficient (Wildman–Crippen LogP) is 7.92. The number of aliphatic hydroxyl groups is 1. The average molecular weight is 799 g/mol. The van der Waals surface area contributed by atoms with Crippen LogP contribution in [0, 0.1) is 5.92 Å². The molecular weight excluding hydrogens is 752 g/mol. The molecule has 0 aliphatic carbocycles. The molecule has 0 unspecified atom stereocenters. The van der Waals surface area contributed by atoms with Crippen LogP contribution in [0.3, 0.4) is 0 Å². The summed E-state index contributed by atoms with van der Waals surface area (Å²) in [7, 11) is -3.65. The highest BCUT2D eigenvalue weighted by atomic mass is 28.4. The van der Waals surface area contributed by atoms with Crippen LogP contribution in [0.1, 0.15) is 50.8 Å². The van der Waals surface area contributed by atoms with Crippen molar-refractivity contribution in [2.75, 3.05) is 28.7 Å². The summed E-state index contributed by atoms with van der Waals surface area (Å²) < 4.78 is 23.6. The molecule has 58 heavy (non-hydrogen) atoms. The molecule has 3 N–H and O–H groups in total. The Balaban J connectivity index is 1.24. The smallest absolute Gasteiger partial charge is 0.264 e. The van der Waals surface area contributed by atoms with E-state index < -0.39 is 37.5 Å². The maximum absolute atomic E-state index is 16.7. The van der Waals surface area contributed by atoms with E-state index in [1.807, 2.05) is 55.5 Å². The van der Waals surface area contributed by atoms with Crippen LogP contribution in [0.4, 0.5) is 21.2 Å². The fourth-order valence-corrected chi connectivity index (χ4v) is 11.0. The number of aliphatic hydroxyl groups excluding tert-OH is 1. The quantitative estimate of drug-likeness (QED) is 0.0821. The lowest BCUT2D eigenvalue weighted by molar-refractivity contribution is -0.150. The van der Waals surface area contributed by atoms with Gasteiger partial charge in [0.1, 0.15) is 0 Å². The van der Waals surface area contributed by atoms with Gasteiger partial charge in [-0.1, -0.05) is 85.8 Å². The minimum Gasteiger partial charge on any atom is -0.395 e.